The van der Waals surface area contributed by atoms with Gasteiger partial charge in [-0.1, -0.05) is 12.1 Å². The molecule has 4 nitrogen and oxygen atoms in total. The van der Waals surface area contributed by atoms with E-state index in [-0.39, 0.29) is 21.6 Å². The molecule has 0 bridgehead atoms. The van der Waals surface area contributed by atoms with E-state index < -0.39 is 0 Å². The number of benzene rings is 1. The van der Waals surface area contributed by atoms with Crippen LogP contribution in [0.4, 0.5) is 5.69 Å². The Hall–Kier alpha value is -1.42. The number of nitro benzene ring substituents is 1. The van der Waals surface area contributed by atoms with Crippen molar-refractivity contribution in [2.45, 2.75) is 44.6 Å². The summed E-state index contributed by atoms with van der Waals surface area (Å²) < 4.78 is 0. The molecule has 0 radical (unpaired) electrons. The third-order valence-corrected chi connectivity index (χ3v) is 3.94. The van der Waals surface area contributed by atoms with Crippen LogP contribution >= 0.6 is 0 Å². The Morgan fingerprint density at radius 3 is 2.41 bits per heavy atom. The zero-order chi connectivity index (χ0) is 12.8. The minimum atomic E-state index is -0.337. The Bertz CT molecular complexity index is 471. The molecule has 2 rings (SSSR count). The van der Waals surface area contributed by atoms with Gasteiger partial charge in [0.05, 0.1) is 4.92 Å². The molecule has 2 N–H and O–H groups in total. The summed E-state index contributed by atoms with van der Waals surface area (Å²) in [6.45, 7) is 5.74. The Morgan fingerprint density at radius 1 is 1.41 bits per heavy atom. The molecule has 1 aromatic carbocycles. The maximum Gasteiger partial charge on any atom is 0.272 e. The van der Waals surface area contributed by atoms with E-state index >= 15 is 0 Å². The quantitative estimate of drug-likeness (QED) is 0.645. The predicted octanol–water partition coefficient (Wildman–Crippen LogP) is 2.67. The Balaban J connectivity index is 2.48. The summed E-state index contributed by atoms with van der Waals surface area (Å²) in [6, 6.07) is 5.49. The second-order valence-electron chi connectivity index (χ2n) is 5.56. The first kappa shape index (κ1) is 12.0. The van der Waals surface area contributed by atoms with Crippen molar-refractivity contribution in [1.29, 1.82) is 0 Å². The molecule has 1 fully saturated rings. The van der Waals surface area contributed by atoms with E-state index in [0.29, 0.717) is 5.56 Å². The highest BCUT2D eigenvalue weighted by Gasteiger charge is 2.54. The molecule has 1 aliphatic carbocycles. The molecule has 0 heterocycles. The highest BCUT2D eigenvalue weighted by molar-refractivity contribution is 5.48. The zero-order valence-corrected chi connectivity index (χ0v) is 10.5. The molecule has 0 aromatic heterocycles. The van der Waals surface area contributed by atoms with E-state index in [9.17, 15) is 10.1 Å². The molecule has 92 valence electrons. The van der Waals surface area contributed by atoms with Crippen molar-refractivity contribution in [2.24, 2.45) is 5.73 Å². The molecule has 0 aliphatic heterocycles. The second kappa shape index (κ2) is 3.53. The molecule has 1 saturated carbocycles. The molecule has 4 heteroatoms. The molecular formula is C13H18N2O2. The lowest BCUT2D eigenvalue weighted by Gasteiger charge is -2.31. The molecular weight excluding hydrogens is 216 g/mol. The number of hydrogen-bond donors (Lipinski definition) is 1. The van der Waals surface area contributed by atoms with Crippen LogP contribution in [-0.2, 0) is 5.41 Å². The number of hydrogen-bond acceptors (Lipinski definition) is 3. The van der Waals surface area contributed by atoms with Gasteiger partial charge in [-0.15, -0.1) is 0 Å². The van der Waals surface area contributed by atoms with E-state index in [1.54, 1.807) is 13.0 Å². The summed E-state index contributed by atoms with van der Waals surface area (Å²) in [5.41, 5.74) is 7.68. The summed E-state index contributed by atoms with van der Waals surface area (Å²) in [5.74, 6) is 0. The minimum absolute atomic E-state index is 0.0779. The maximum atomic E-state index is 10.9. The van der Waals surface area contributed by atoms with Gasteiger partial charge in [0, 0.05) is 22.6 Å². The molecule has 0 atom stereocenters. The smallest absolute Gasteiger partial charge is 0.272 e. The first-order valence-electron chi connectivity index (χ1n) is 5.82. The van der Waals surface area contributed by atoms with Gasteiger partial charge in [-0.05, 0) is 39.2 Å². The molecule has 0 amide bonds. The maximum absolute atomic E-state index is 10.9. The lowest BCUT2D eigenvalue weighted by molar-refractivity contribution is -0.385. The number of rotatable bonds is 3. The fourth-order valence-corrected chi connectivity index (χ4v) is 2.53. The van der Waals surface area contributed by atoms with Crippen LogP contribution in [0, 0.1) is 17.0 Å². The van der Waals surface area contributed by atoms with Gasteiger partial charge in [0.25, 0.3) is 5.69 Å². The van der Waals surface area contributed by atoms with Crippen LogP contribution < -0.4 is 5.73 Å². The van der Waals surface area contributed by atoms with E-state index in [1.807, 2.05) is 26.0 Å². The normalized spacial score (nSPS) is 17.9. The molecule has 0 unspecified atom stereocenters. The predicted molar refractivity (Wildman–Crippen MR) is 67.0 cm³/mol. The van der Waals surface area contributed by atoms with Crippen LogP contribution in [0.25, 0.3) is 0 Å². The average Bonchev–Trinajstić information content (AvgIpc) is 2.97. The second-order valence-corrected chi connectivity index (χ2v) is 5.56. The topological polar surface area (TPSA) is 69.2 Å². The fraction of sp³-hybridized carbons (Fsp3) is 0.538. The van der Waals surface area contributed by atoms with Gasteiger partial charge in [-0.2, -0.15) is 0 Å². The fourth-order valence-electron chi connectivity index (χ4n) is 2.53. The van der Waals surface area contributed by atoms with Crippen LogP contribution in [0.2, 0.25) is 0 Å². The third-order valence-electron chi connectivity index (χ3n) is 3.94. The number of nitro groups is 1. The molecule has 17 heavy (non-hydrogen) atoms. The van der Waals surface area contributed by atoms with Crippen molar-refractivity contribution >= 4 is 5.69 Å². The standard InChI is InChI=1S/C13H18N2O2/c1-9-4-5-10(8-11(9)15(16)17)13(6-7-13)12(2,3)14/h4-5,8H,6-7,14H2,1-3H3. The Labute approximate surface area is 101 Å². The van der Waals surface area contributed by atoms with E-state index in [0.717, 1.165) is 18.4 Å². The summed E-state index contributed by atoms with van der Waals surface area (Å²) in [7, 11) is 0. The number of nitrogens with two attached hydrogens (primary N) is 1. The van der Waals surface area contributed by atoms with Crippen molar-refractivity contribution < 1.29 is 4.92 Å². The molecule has 0 saturated heterocycles. The van der Waals surface area contributed by atoms with Crippen LogP contribution in [0.15, 0.2) is 18.2 Å². The summed E-state index contributed by atoms with van der Waals surface area (Å²) in [4.78, 5) is 10.6. The van der Waals surface area contributed by atoms with Gasteiger partial charge in [0.2, 0.25) is 0 Å². The van der Waals surface area contributed by atoms with Crippen molar-refractivity contribution in [3.05, 3.63) is 39.4 Å². The van der Waals surface area contributed by atoms with E-state index in [4.69, 9.17) is 5.73 Å². The van der Waals surface area contributed by atoms with Gasteiger partial charge < -0.3 is 5.73 Å². The van der Waals surface area contributed by atoms with Gasteiger partial charge in [0.1, 0.15) is 0 Å². The van der Waals surface area contributed by atoms with Gasteiger partial charge >= 0.3 is 0 Å². The van der Waals surface area contributed by atoms with E-state index in [1.165, 1.54) is 0 Å². The van der Waals surface area contributed by atoms with Gasteiger partial charge in [-0.3, -0.25) is 10.1 Å². The Kier molecular flexibility index (Phi) is 2.51. The Morgan fingerprint density at radius 2 is 2.00 bits per heavy atom. The largest absolute Gasteiger partial charge is 0.325 e. The SMILES string of the molecule is Cc1ccc(C2(C(C)(C)N)CC2)cc1[N+](=O)[O-]. The first-order valence-corrected chi connectivity index (χ1v) is 5.82. The highest BCUT2D eigenvalue weighted by Crippen LogP contribution is 2.55. The van der Waals surface area contributed by atoms with Crippen molar-refractivity contribution in [3.8, 4) is 0 Å². The van der Waals surface area contributed by atoms with Crippen molar-refractivity contribution in [1.82, 2.24) is 0 Å². The highest BCUT2D eigenvalue weighted by atomic mass is 16.6. The summed E-state index contributed by atoms with van der Waals surface area (Å²) in [5, 5.41) is 10.9. The van der Waals surface area contributed by atoms with Crippen LogP contribution in [0.1, 0.15) is 37.8 Å². The monoisotopic (exact) mass is 234 g/mol. The van der Waals surface area contributed by atoms with Crippen molar-refractivity contribution in [3.63, 3.8) is 0 Å². The minimum Gasteiger partial charge on any atom is -0.325 e. The van der Waals surface area contributed by atoms with Crippen molar-refractivity contribution in [2.75, 3.05) is 0 Å². The summed E-state index contributed by atoms with van der Waals surface area (Å²) >= 11 is 0. The van der Waals surface area contributed by atoms with Gasteiger partial charge in [0.15, 0.2) is 0 Å². The number of aryl methyl sites for hydroxylation is 1. The lowest BCUT2D eigenvalue weighted by Crippen LogP contribution is -2.45. The molecule has 1 aromatic rings. The number of nitrogens with zero attached hydrogens (tertiary/aromatic N) is 1. The molecule has 0 spiro atoms. The first-order chi connectivity index (χ1) is 7.78. The zero-order valence-electron chi connectivity index (χ0n) is 10.5. The van der Waals surface area contributed by atoms with Crippen LogP contribution in [0.5, 0.6) is 0 Å². The lowest BCUT2D eigenvalue weighted by atomic mass is 9.79. The van der Waals surface area contributed by atoms with Crippen LogP contribution in [0.3, 0.4) is 0 Å². The van der Waals surface area contributed by atoms with Crippen LogP contribution in [-0.4, -0.2) is 10.5 Å². The average molecular weight is 234 g/mol. The summed E-state index contributed by atoms with van der Waals surface area (Å²) in [6.07, 6.45) is 2.02. The van der Waals surface area contributed by atoms with Gasteiger partial charge in [-0.25, -0.2) is 0 Å². The third kappa shape index (κ3) is 1.82. The van der Waals surface area contributed by atoms with E-state index in [2.05, 4.69) is 0 Å². The molecule has 1 aliphatic rings.